The zero-order chi connectivity index (χ0) is 20.4. The van der Waals surface area contributed by atoms with Crippen molar-refractivity contribution >= 4 is 26.5 Å². The summed E-state index contributed by atoms with van der Waals surface area (Å²) in [5.41, 5.74) is 0.902. The van der Waals surface area contributed by atoms with Crippen molar-refractivity contribution in [2.45, 2.75) is 11.8 Å². The SMILES string of the molecule is CCOc1ccc2cc(S(=O)(=O)N3CCN(c4ccc(F)cc4)CC3)ccc2c1. The highest BCUT2D eigenvalue weighted by molar-refractivity contribution is 7.89. The number of hydrogen-bond donors (Lipinski definition) is 0. The van der Waals surface area contributed by atoms with Crippen LogP contribution in [0.5, 0.6) is 5.75 Å². The van der Waals surface area contributed by atoms with Crippen LogP contribution in [0.15, 0.2) is 65.6 Å². The largest absolute Gasteiger partial charge is 0.494 e. The second-order valence-corrected chi connectivity index (χ2v) is 8.91. The van der Waals surface area contributed by atoms with Gasteiger partial charge in [-0.2, -0.15) is 4.31 Å². The molecule has 1 heterocycles. The molecule has 1 saturated heterocycles. The first-order chi connectivity index (χ1) is 14.0. The Morgan fingerprint density at radius 1 is 0.897 bits per heavy atom. The third-order valence-corrected chi connectivity index (χ3v) is 7.06. The summed E-state index contributed by atoms with van der Waals surface area (Å²) in [6.45, 7) is 4.42. The number of halogens is 1. The highest BCUT2D eigenvalue weighted by Gasteiger charge is 2.28. The Hall–Kier alpha value is -2.64. The van der Waals surface area contributed by atoms with Crippen LogP contribution in [-0.2, 0) is 10.0 Å². The highest BCUT2D eigenvalue weighted by atomic mass is 32.2. The van der Waals surface area contributed by atoms with Crippen LogP contribution in [0.25, 0.3) is 10.8 Å². The van der Waals surface area contributed by atoms with Crippen molar-refractivity contribution in [1.82, 2.24) is 4.31 Å². The smallest absolute Gasteiger partial charge is 0.243 e. The van der Waals surface area contributed by atoms with Crippen LogP contribution in [0.4, 0.5) is 10.1 Å². The summed E-state index contributed by atoms with van der Waals surface area (Å²) >= 11 is 0. The highest BCUT2D eigenvalue weighted by Crippen LogP contribution is 2.26. The molecule has 0 unspecified atom stereocenters. The Morgan fingerprint density at radius 2 is 1.55 bits per heavy atom. The first-order valence-electron chi connectivity index (χ1n) is 9.64. The van der Waals surface area contributed by atoms with Gasteiger partial charge in [0.1, 0.15) is 11.6 Å². The van der Waals surface area contributed by atoms with E-state index in [2.05, 4.69) is 4.90 Å². The van der Waals surface area contributed by atoms with Gasteiger partial charge in [-0.3, -0.25) is 0 Å². The van der Waals surface area contributed by atoms with Gasteiger partial charge in [0.15, 0.2) is 0 Å². The molecule has 0 bridgehead atoms. The standard InChI is InChI=1S/C22H23FN2O3S/c1-2-28-21-9-3-18-16-22(10-4-17(18)15-21)29(26,27)25-13-11-24(12-14-25)20-7-5-19(23)6-8-20/h3-10,15-16H,2,11-14H2,1H3. The van der Waals surface area contributed by atoms with E-state index in [1.54, 1.807) is 24.3 Å². The van der Waals surface area contributed by atoms with Crippen LogP contribution >= 0.6 is 0 Å². The lowest BCUT2D eigenvalue weighted by atomic mass is 10.1. The van der Waals surface area contributed by atoms with Gasteiger partial charge in [-0.05, 0) is 66.2 Å². The molecule has 0 aliphatic carbocycles. The van der Waals surface area contributed by atoms with Crippen molar-refractivity contribution in [3.05, 3.63) is 66.5 Å². The Bertz CT molecular complexity index is 1110. The quantitative estimate of drug-likeness (QED) is 0.636. The van der Waals surface area contributed by atoms with Gasteiger partial charge in [0, 0.05) is 31.9 Å². The van der Waals surface area contributed by atoms with Crippen molar-refractivity contribution in [2.75, 3.05) is 37.7 Å². The predicted octanol–water partition coefficient (Wildman–Crippen LogP) is 3.89. The minimum absolute atomic E-state index is 0.278. The average molecular weight is 415 g/mol. The molecule has 1 fully saturated rings. The Morgan fingerprint density at radius 3 is 2.24 bits per heavy atom. The van der Waals surface area contributed by atoms with E-state index in [0.717, 1.165) is 22.2 Å². The number of fused-ring (bicyclic) bond motifs is 1. The van der Waals surface area contributed by atoms with E-state index in [0.29, 0.717) is 37.7 Å². The van der Waals surface area contributed by atoms with Gasteiger partial charge in [-0.25, -0.2) is 12.8 Å². The predicted molar refractivity (Wildman–Crippen MR) is 112 cm³/mol. The fourth-order valence-electron chi connectivity index (χ4n) is 3.61. The fraction of sp³-hybridized carbons (Fsp3) is 0.273. The molecule has 152 valence electrons. The molecular formula is C22H23FN2O3S. The van der Waals surface area contributed by atoms with Crippen LogP contribution < -0.4 is 9.64 Å². The van der Waals surface area contributed by atoms with Gasteiger partial charge in [0.2, 0.25) is 10.0 Å². The molecule has 1 aliphatic heterocycles. The number of benzene rings is 3. The maximum absolute atomic E-state index is 13.1. The summed E-state index contributed by atoms with van der Waals surface area (Å²) in [6.07, 6.45) is 0. The number of anilines is 1. The Kier molecular flexibility index (Phi) is 5.43. The minimum atomic E-state index is -3.57. The van der Waals surface area contributed by atoms with Crippen LogP contribution in [0.2, 0.25) is 0 Å². The van der Waals surface area contributed by atoms with Crippen molar-refractivity contribution in [3.8, 4) is 5.75 Å². The minimum Gasteiger partial charge on any atom is -0.494 e. The van der Waals surface area contributed by atoms with Gasteiger partial charge in [-0.15, -0.1) is 0 Å². The molecule has 5 nitrogen and oxygen atoms in total. The van der Waals surface area contributed by atoms with Crippen LogP contribution in [0, 0.1) is 5.82 Å². The second-order valence-electron chi connectivity index (χ2n) is 6.97. The summed E-state index contributed by atoms with van der Waals surface area (Å²) < 4.78 is 46.4. The average Bonchev–Trinajstić information content (AvgIpc) is 2.74. The summed E-state index contributed by atoms with van der Waals surface area (Å²) in [5, 5.41) is 1.80. The van der Waals surface area contributed by atoms with Gasteiger partial charge in [0.05, 0.1) is 11.5 Å². The zero-order valence-electron chi connectivity index (χ0n) is 16.2. The number of nitrogens with zero attached hydrogens (tertiary/aromatic N) is 2. The number of sulfonamides is 1. The molecule has 0 radical (unpaired) electrons. The van der Waals surface area contributed by atoms with Crippen molar-refractivity contribution in [3.63, 3.8) is 0 Å². The fourth-order valence-corrected chi connectivity index (χ4v) is 5.06. The third-order valence-electron chi connectivity index (χ3n) is 5.16. The molecule has 29 heavy (non-hydrogen) atoms. The molecule has 0 atom stereocenters. The zero-order valence-corrected chi connectivity index (χ0v) is 17.0. The molecule has 7 heteroatoms. The molecule has 0 amide bonds. The van der Waals surface area contributed by atoms with E-state index in [-0.39, 0.29) is 5.82 Å². The Labute approximate surface area is 170 Å². The summed E-state index contributed by atoms with van der Waals surface area (Å²) in [5.74, 6) is 0.493. The Balaban J connectivity index is 1.51. The van der Waals surface area contributed by atoms with E-state index in [1.807, 2.05) is 31.2 Å². The van der Waals surface area contributed by atoms with Gasteiger partial charge in [0.25, 0.3) is 0 Å². The van der Waals surface area contributed by atoms with E-state index < -0.39 is 10.0 Å². The maximum Gasteiger partial charge on any atom is 0.243 e. The van der Waals surface area contributed by atoms with Crippen molar-refractivity contribution < 1.29 is 17.5 Å². The number of ether oxygens (including phenoxy) is 1. The summed E-state index contributed by atoms with van der Waals surface area (Å²) in [7, 11) is -3.57. The molecule has 0 N–H and O–H groups in total. The molecular weight excluding hydrogens is 391 g/mol. The van der Waals surface area contributed by atoms with E-state index >= 15 is 0 Å². The van der Waals surface area contributed by atoms with Crippen LogP contribution in [0.3, 0.4) is 0 Å². The van der Waals surface area contributed by atoms with E-state index in [9.17, 15) is 12.8 Å². The molecule has 4 rings (SSSR count). The lowest BCUT2D eigenvalue weighted by Gasteiger charge is -2.35. The summed E-state index contributed by atoms with van der Waals surface area (Å²) in [4.78, 5) is 2.37. The van der Waals surface area contributed by atoms with Crippen molar-refractivity contribution in [2.24, 2.45) is 0 Å². The topological polar surface area (TPSA) is 49.9 Å². The van der Waals surface area contributed by atoms with Crippen molar-refractivity contribution in [1.29, 1.82) is 0 Å². The molecule has 1 aliphatic rings. The second kappa shape index (κ2) is 8.00. The number of rotatable bonds is 5. The van der Waals surface area contributed by atoms with E-state index in [1.165, 1.54) is 16.4 Å². The first-order valence-corrected chi connectivity index (χ1v) is 11.1. The number of hydrogen-bond acceptors (Lipinski definition) is 4. The maximum atomic E-state index is 13.1. The molecule has 3 aromatic rings. The third kappa shape index (κ3) is 4.06. The molecule has 0 saturated carbocycles. The number of piperazine rings is 1. The molecule has 0 spiro atoms. The van der Waals surface area contributed by atoms with E-state index in [4.69, 9.17) is 4.74 Å². The normalized spacial score (nSPS) is 15.6. The molecule has 3 aromatic carbocycles. The monoisotopic (exact) mass is 414 g/mol. The van der Waals surface area contributed by atoms with Gasteiger partial charge >= 0.3 is 0 Å². The van der Waals surface area contributed by atoms with Crippen LogP contribution in [-0.4, -0.2) is 45.5 Å². The lowest BCUT2D eigenvalue weighted by Crippen LogP contribution is -2.48. The van der Waals surface area contributed by atoms with Gasteiger partial charge < -0.3 is 9.64 Å². The first kappa shape index (κ1) is 19.7. The summed E-state index contributed by atoms with van der Waals surface area (Å²) in [6, 6.07) is 17.1. The molecule has 0 aromatic heterocycles. The lowest BCUT2D eigenvalue weighted by molar-refractivity contribution is 0.341. The van der Waals surface area contributed by atoms with Gasteiger partial charge in [-0.1, -0.05) is 12.1 Å². The van der Waals surface area contributed by atoms with Crippen LogP contribution in [0.1, 0.15) is 6.92 Å².